The molecule has 0 bridgehead atoms. The number of hydrogen-bond donors (Lipinski definition) is 0. The van der Waals surface area contributed by atoms with Crippen LogP contribution in [0.1, 0.15) is 11.3 Å². The number of halogens is 1. The second kappa shape index (κ2) is 5.27. The Bertz CT molecular complexity index is 706. The van der Waals surface area contributed by atoms with Crippen LogP contribution in [0.25, 0.3) is 6.08 Å². The molecule has 98 valence electrons. The number of ether oxygens (including phenoxy) is 1. The van der Waals surface area contributed by atoms with Gasteiger partial charge in [-0.15, -0.1) is 0 Å². The second-order valence-electron chi connectivity index (χ2n) is 4.10. The Kier molecular flexibility index (Phi) is 3.31. The van der Waals surface area contributed by atoms with Crippen LogP contribution < -0.4 is 0 Å². The summed E-state index contributed by atoms with van der Waals surface area (Å²) in [6, 6.07) is 12.4. The fourth-order valence-electron chi connectivity index (χ4n) is 1.73. The van der Waals surface area contributed by atoms with E-state index in [2.05, 4.69) is 9.98 Å². The largest absolute Gasteiger partial charge is 0.402 e. The van der Waals surface area contributed by atoms with E-state index in [9.17, 15) is 4.79 Å². The maximum absolute atomic E-state index is 11.8. The smallest absolute Gasteiger partial charge is 0.363 e. The normalized spacial score (nSPS) is 16.1. The van der Waals surface area contributed by atoms with Gasteiger partial charge in [-0.25, -0.2) is 9.79 Å². The van der Waals surface area contributed by atoms with Crippen molar-refractivity contribution >= 4 is 29.5 Å². The molecule has 3 rings (SSSR count). The maximum atomic E-state index is 11.8. The monoisotopic (exact) mass is 284 g/mol. The van der Waals surface area contributed by atoms with Gasteiger partial charge in [-0.1, -0.05) is 17.7 Å². The third-order valence-corrected chi connectivity index (χ3v) is 2.94. The summed E-state index contributed by atoms with van der Waals surface area (Å²) < 4.78 is 5.14. The number of rotatable bonds is 2. The molecule has 2 heterocycles. The number of hydrogen-bond acceptors (Lipinski definition) is 4. The summed E-state index contributed by atoms with van der Waals surface area (Å²) in [5, 5.41) is 0.614. The second-order valence-corrected chi connectivity index (χ2v) is 4.53. The minimum atomic E-state index is -0.486. The average Bonchev–Trinajstić information content (AvgIpc) is 2.82. The summed E-state index contributed by atoms with van der Waals surface area (Å²) >= 11 is 5.82. The first-order valence-corrected chi connectivity index (χ1v) is 6.30. The molecule has 0 N–H and O–H groups in total. The number of carbonyl (C=O) groups is 1. The van der Waals surface area contributed by atoms with Crippen molar-refractivity contribution in [1.82, 2.24) is 4.98 Å². The zero-order chi connectivity index (χ0) is 13.9. The molecule has 5 heteroatoms. The van der Waals surface area contributed by atoms with Crippen molar-refractivity contribution in [1.29, 1.82) is 0 Å². The Labute approximate surface area is 120 Å². The molecule has 0 aliphatic carbocycles. The molecule has 0 spiro atoms. The lowest BCUT2D eigenvalue weighted by molar-refractivity contribution is -0.129. The predicted molar refractivity (Wildman–Crippen MR) is 76.3 cm³/mol. The van der Waals surface area contributed by atoms with Crippen molar-refractivity contribution in [2.45, 2.75) is 0 Å². The van der Waals surface area contributed by atoms with Gasteiger partial charge in [-0.05, 0) is 42.5 Å². The van der Waals surface area contributed by atoms with Crippen LogP contribution in [-0.2, 0) is 9.53 Å². The van der Waals surface area contributed by atoms with E-state index in [0.29, 0.717) is 16.3 Å². The van der Waals surface area contributed by atoms with Crippen molar-refractivity contribution in [3.63, 3.8) is 0 Å². The highest BCUT2D eigenvalue weighted by molar-refractivity contribution is 6.30. The predicted octanol–water partition coefficient (Wildman–Crippen LogP) is 3.08. The summed E-state index contributed by atoms with van der Waals surface area (Å²) in [7, 11) is 0. The van der Waals surface area contributed by atoms with Crippen molar-refractivity contribution < 1.29 is 9.53 Å². The van der Waals surface area contributed by atoms with E-state index < -0.39 is 5.97 Å². The molecule has 20 heavy (non-hydrogen) atoms. The van der Waals surface area contributed by atoms with Crippen molar-refractivity contribution in [2.75, 3.05) is 0 Å². The molecule has 0 fully saturated rings. The third kappa shape index (κ3) is 2.60. The molecule has 0 atom stereocenters. The van der Waals surface area contributed by atoms with Crippen LogP contribution in [0.4, 0.5) is 0 Å². The summed E-state index contributed by atoms with van der Waals surface area (Å²) in [6.07, 6.45) is 3.24. The average molecular weight is 285 g/mol. The van der Waals surface area contributed by atoms with Gasteiger partial charge in [0.2, 0.25) is 5.90 Å². The minimum Gasteiger partial charge on any atom is -0.402 e. The van der Waals surface area contributed by atoms with Crippen LogP contribution in [-0.4, -0.2) is 16.9 Å². The Morgan fingerprint density at radius 2 is 1.90 bits per heavy atom. The lowest BCUT2D eigenvalue weighted by Crippen LogP contribution is -2.05. The van der Waals surface area contributed by atoms with E-state index in [0.717, 1.165) is 0 Å². The maximum Gasteiger partial charge on any atom is 0.363 e. The topological polar surface area (TPSA) is 51.5 Å². The fourth-order valence-corrected chi connectivity index (χ4v) is 1.85. The van der Waals surface area contributed by atoms with E-state index >= 15 is 0 Å². The molecule has 1 aliphatic rings. The highest BCUT2D eigenvalue weighted by atomic mass is 35.5. The van der Waals surface area contributed by atoms with Gasteiger partial charge in [-0.3, -0.25) is 4.98 Å². The number of cyclic esters (lactones) is 1. The number of aliphatic imine (C=N–C) groups is 1. The number of esters is 1. The molecule has 2 aromatic rings. The van der Waals surface area contributed by atoms with Gasteiger partial charge in [0.1, 0.15) is 0 Å². The zero-order valence-corrected chi connectivity index (χ0v) is 11.0. The van der Waals surface area contributed by atoms with Gasteiger partial charge in [0.05, 0.1) is 5.69 Å². The lowest BCUT2D eigenvalue weighted by atomic mass is 10.2. The molecular weight excluding hydrogens is 276 g/mol. The van der Waals surface area contributed by atoms with Gasteiger partial charge in [0.15, 0.2) is 5.70 Å². The van der Waals surface area contributed by atoms with Gasteiger partial charge in [-0.2, -0.15) is 0 Å². The molecule has 0 unspecified atom stereocenters. The number of aromatic nitrogens is 1. The van der Waals surface area contributed by atoms with Gasteiger partial charge in [0.25, 0.3) is 0 Å². The molecule has 1 aromatic heterocycles. The van der Waals surface area contributed by atoms with Crippen LogP contribution in [0.5, 0.6) is 0 Å². The number of carbonyl (C=O) groups excluding carboxylic acids is 1. The number of benzene rings is 1. The van der Waals surface area contributed by atoms with E-state index in [1.54, 1.807) is 48.7 Å². The molecule has 0 amide bonds. The fraction of sp³-hybridized carbons (Fsp3) is 0. The highest BCUT2D eigenvalue weighted by Gasteiger charge is 2.24. The Hall–Kier alpha value is -2.46. The first kappa shape index (κ1) is 12.6. The third-order valence-electron chi connectivity index (χ3n) is 2.68. The van der Waals surface area contributed by atoms with Crippen LogP contribution >= 0.6 is 11.6 Å². The van der Waals surface area contributed by atoms with E-state index in [1.807, 2.05) is 6.07 Å². The summed E-state index contributed by atoms with van der Waals surface area (Å²) in [5.74, 6) is -0.213. The van der Waals surface area contributed by atoms with Crippen LogP contribution in [0, 0.1) is 0 Å². The van der Waals surface area contributed by atoms with Gasteiger partial charge in [0, 0.05) is 16.8 Å². The highest BCUT2D eigenvalue weighted by Crippen LogP contribution is 2.19. The quantitative estimate of drug-likeness (QED) is 0.629. The number of pyridine rings is 1. The first-order chi connectivity index (χ1) is 9.72. The number of nitrogens with zero attached hydrogens (tertiary/aromatic N) is 2. The van der Waals surface area contributed by atoms with E-state index in [1.165, 1.54) is 0 Å². The van der Waals surface area contributed by atoms with E-state index in [4.69, 9.17) is 16.3 Å². The van der Waals surface area contributed by atoms with Crippen LogP contribution in [0.2, 0.25) is 5.02 Å². The molecule has 0 saturated heterocycles. The summed E-state index contributed by atoms with van der Waals surface area (Å²) in [4.78, 5) is 20.1. The van der Waals surface area contributed by atoms with Crippen molar-refractivity contribution in [3.05, 3.63) is 70.6 Å². The molecular formula is C15H9ClN2O2. The molecule has 1 aromatic carbocycles. The standard InChI is InChI=1S/C15H9ClN2O2/c16-11-6-4-10(5-7-11)14-18-13(15(19)20-14)9-12-3-1-2-8-17-12/h1-9H. The van der Waals surface area contributed by atoms with Crippen molar-refractivity contribution in [2.24, 2.45) is 4.99 Å². The Morgan fingerprint density at radius 1 is 1.10 bits per heavy atom. The molecule has 4 nitrogen and oxygen atoms in total. The lowest BCUT2D eigenvalue weighted by Gasteiger charge is -1.98. The van der Waals surface area contributed by atoms with Gasteiger partial charge >= 0.3 is 5.97 Å². The first-order valence-electron chi connectivity index (χ1n) is 5.92. The zero-order valence-electron chi connectivity index (χ0n) is 10.3. The summed E-state index contributed by atoms with van der Waals surface area (Å²) in [5.41, 5.74) is 1.58. The SMILES string of the molecule is O=C1OC(c2ccc(Cl)cc2)=NC1=Cc1ccccn1. The van der Waals surface area contributed by atoms with Crippen molar-refractivity contribution in [3.8, 4) is 0 Å². The van der Waals surface area contributed by atoms with Crippen LogP contribution in [0.3, 0.4) is 0 Å². The molecule has 1 aliphatic heterocycles. The minimum absolute atomic E-state index is 0.230. The van der Waals surface area contributed by atoms with E-state index in [-0.39, 0.29) is 11.6 Å². The Morgan fingerprint density at radius 3 is 2.60 bits per heavy atom. The Balaban J connectivity index is 1.93. The summed E-state index contributed by atoms with van der Waals surface area (Å²) in [6.45, 7) is 0. The van der Waals surface area contributed by atoms with Crippen LogP contribution in [0.15, 0.2) is 59.4 Å². The van der Waals surface area contributed by atoms with Gasteiger partial charge < -0.3 is 4.74 Å². The molecule has 0 saturated carbocycles. The molecule has 0 radical (unpaired) electrons.